The van der Waals surface area contributed by atoms with Crippen LogP contribution >= 0.6 is 0 Å². The van der Waals surface area contributed by atoms with Crippen molar-refractivity contribution in [2.75, 3.05) is 27.3 Å². The highest BCUT2D eigenvalue weighted by Gasteiger charge is 2.28. The zero-order chi connectivity index (χ0) is 19.5. The van der Waals surface area contributed by atoms with Crippen LogP contribution in [0.3, 0.4) is 0 Å². The zero-order valence-corrected chi connectivity index (χ0v) is 16.4. The first kappa shape index (κ1) is 18.6. The van der Waals surface area contributed by atoms with Crippen LogP contribution in [0.4, 0.5) is 0 Å². The number of fused-ring (bicyclic) bond motifs is 1. The molecule has 1 atom stereocenters. The minimum Gasteiger partial charge on any atom is -0.497 e. The molecule has 3 aromatic rings. The molecular formula is C23H26N2O3. The summed E-state index contributed by atoms with van der Waals surface area (Å²) >= 11 is 0. The summed E-state index contributed by atoms with van der Waals surface area (Å²) in [5.74, 6) is 1.41. The maximum absolute atomic E-state index is 13.2. The molecule has 1 saturated heterocycles. The van der Waals surface area contributed by atoms with Crippen molar-refractivity contribution in [3.63, 3.8) is 0 Å². The number of Topliss-reactive ketones (excluding diaryl/α,β-unsaturated/α-hetero) is 1. The molecule has 1 aliphatic heterocycles. The van der Waals surface area contributed by atoms with E-state index in [-0.39, 0.29) is 11.7 Å². The van der Waals surface area contributed by atoms with Crippen LogP contribution in [0.15, 0.2) is 48.5 Å². The average Bonchev–Trinajstić information content (AvgIpc) is 3.15. The third-order valence-electron chi connectivity index (χ3n) is 5.53. The van der Waals surface area contributed by atoms with E-state index in [1.54, 1.807) is 20.3 Å². The Morgan fingerprint density at radius 2 is 2.00 bits per heavy atom. The highest BCUT2D eigenvalue weighted by Crippen LogP contribution is 2.30. The van der Waals surface area contributed by atoms with E-state index in [0.29, 0.717) is 17.1 Å². The molecule has 0 bridgehead atoms. The fourth-order valence-electron chi connectivity index (χ4n) is 4.09. The van der Waals surface area contributed by atoms with Gasteiger partial charge in [0, 0.05) is 36.3 Å². The second-order valence-electron chi connectivity index (χ2n) is 7.39. The van der Waals surface area contributed by atoms with Crippen LogP contribution in [0, 0.1) is 5.92 Å². The topological polar surface area (TPSA) is 54.6 Å². The molecule has 4 rings (SSSR count). The van der Waals surface area contributed by atoms with Crippen LogP contribution in [0.5, 0.6) is 11.5 Å². The second kappa shape index (κ2) is 8.07. The number of para-hydroxylation sites is 1. The molecular weight excluding hydrogens is 352 g/mol. The molecule has 1 N–H and O–H groups in total. The number of benzene rings is 2. The first-order chi connectivity index (χ1) is 13.7. The van der Waals surface area contributed by atoms with Crippen molar-refractivity contribution in [2.24, 2.45) is 5.92 Å². The third kappa shape index (κ3) is 3.76. The summed E-state index contributed by atoms with van der Waals surface area (Å²) in [6, 6.07) is 15.9. The number of methoxy groups -OCH3 is 2. The van der Waals surface area contributed by atoms with Gasteiger partial charge in [0.05, 0.1) is 19.8 Å². The molecule has 5 heteroatoms. The first-order valence-corrected chi connectivity index (χ1v) is 9.73. The lowest BCUT2D eigenvalue weighted by molar-refractivity contribution is 0.0807. The van der Waals surface area contributed by atoms with Gasteiger partial charge in [-0.05, 0) is 49.0 Å². The molecule has 1 fully saturated rings. The quantitative estimate of drug-likeness (QED) is 0.651. The van der Waals surface area contributed by atoms with E-state index in [1.807, 2.05) is 18.2 Å². The van der Waals surface area contributed by atoms with Crippen molar-refractivity contribution in [3.8, 4) is 11.5 Å². The molecule has 28 heavy (non-hydrogen) atoms. The molecule has 0 radical (unpaired) electrons. The highest BCUT2D eigenvalue weighted by atomic mass is 16.5. The molecule has 0 spiro atoms. The Balaban J connectivity index is 1.48. The van der Waals surface area contributed by atoms with Gasteiger partial charge in [0.25, 0.3) is 0 Å². The van der Waals surface area contributed by atoms with Gasteiger partial charge in [-0.2, -0.15) is 0 Å². The summed E-state index contributed by atoms with van der Waals surface area (Å²) in [7, 11) is 3.20. The number of hydrogen-bond donors (Lipinski definition) is 1. The standard InChI is InChI=1S/C23H26N2O3/c1-27-19-9-10-20(22(13-19)28-2)23(26)17-7-5-11-25(14-17)15-18-12-16-6-3-4-8-21(16)24-18/h3-4,6,8-10,12-13,17,24H,5,7,11,14-15H2,1-2H3. The number of nitrogens with zero attached hydrogens (tertiary/aromatic N) is 1. The van der Waals surface area contributed by atoms with Gasteiger partial charge < -0.3 is 14.5 Å². The molecule has 0 aliphatic carbocycles. The minimum atomic E-state index is -0.0135. The third-order valence-corrected chi connectivity index (χ3v) is 5.53. The van der Waals surface area contributed by atoms with Gasteiger partial charge in [0.1, 0.15) is 11.5 Å². The molecule has 5 nitrogen and oxygen atoms in total. The molecule has 146 valence electrons. The number of hydrogen-bond acceptors (Lipinski definition) is 4. The van der Waals surface area contributed by atoms with E-state index in [2.05, 4.69) is 34.1 Å². The van der Waals surface area contributed by atoms with E-state index in [1.165, 1.54) is 11.1 Å². The Bertz CT molecular complexity index is 946. The van der Waals surface area contributed by atoms with Gasteiger partial charge in [0.2, 0.25) is 0 Å². The predicted molar refractivity (Wildman–Crippen MR) is 110 cm³/mol. The molecule has 1 aliphatic rings. The number of piperidine rings is 1. The number of H-pyrrole nitrogens is 1. The molecule has 0 amide bonds. The number of aromatic nitrogens is 1. The Morgan fingerprint density at radius 3 is 2.79 bits per heavy atom. The monoisotopic (exact) mass is 378 g/mol. The fourth-order valence-corrected chi connectivity index (χ4v) is 4.09. The van der Waals surface area contributed by atoms with Gasteiger partial charge in [-0.15, -0.1) is 0 Å². The van der Waals surface area contributed by atoms with E-state index in [9.17, 15) is 4.79 Å². The number of nitrogens with one attached hydrogen (secondary N) is 1. The number of rotatable bonds is 6. The Labute approximate surface area is 165 Å². The summed E-state index contributed by atoms with van der Waals surface area (Å²) < 4.78 is 10.7. The Kier molecular flexibility index (Phi) is 5.35. The van der Waals surface area contributed by atoms with Crippen molar-refractivity contribution in [1.29, 1.82) is 0 Å². The summed E-state index contributed by atoms with van der Waals surface area (Å²) in [6.45, 7) is 2.61. The molecule has 1 aromatic heterocycles. The Hall–Kier alpha value is -2.79. The van der Waals surface area contributed by atoms with E-state index >= 15 is 0 Å². The normalized spacial score (nSPS) is 17.6. The van der Waals surface area contributed by atoms with E-state index in [4.69, 9.17) is 9.47 Å². The van der Waals surface area contributed by atoms with E-state index in [0.717, 1.165) is 38.0 Å². The summed E-state index contributed by atoms with van der Waals surface area (Å²) in [5.41, 5.74) is 2.99. The van der Waals surface area contributed by atoms with Crippen LogP contribution in [0.25, 0.3) is 10.9 Å². The van der Waals surface area contributed by atoms with Crippen LogP contribution in [0.1, 0.15) is 28.9 Å². The lowest BCUT2D eigenvalue weighted by atomic mass is 9.89. The maximum Gasteiger partial charge on any atom is 0.170 e. The van der Waals surface area contributed by atoms with Gasteiger partial charge in [0.15, 0.2) is 5.78 Å². The van der Waals surface area contributed by atoms with Crippen molar-refractivity contribution < 1.29 is 14.3 Å². The van der Waals surface area contributed by atoms with Crippen molar-refractivity contribution >= 4 is 16.7 Å². The van der Waals surface area contributed by atoms with Crippen LogP contribution in [-0.2, 0) is 6.54 Å². The number of carbonyl (C=O) groups excluding carboxylic acids is 1. The van der Waals surface area contributed by atoms with Crippen molar-refractivity contribution in [2.45, 2.75) is 19.4 Å². The summed E-state index contributed by atoms with van der Waals surface area (Å²) in [4.78, 5) is 19.0. The lowest BCUT2D eigenvalue weighted by Gasteiger charge is -2.31. The van der Waals surface area contributed by atoms with Gasteiger partial charge >= 0.3 is 0 Å². The first-order valence-electron chi connectivity index (χ1n) is 9.73. The molecule has 1 unspecified atom stereocenters. The average molecular weight is 378 g/mol. The minimum absolute atomic E-state index is 0.0135. The maximum atomic E-state index is 13.2. The van der Waals surface area contributed by atoms with Crippen molar-refractivity contribution in [3.05, 3.63) is 59.8 Å². The van der Waals surface area contributed by atoms with Crippen molar-refractivity contribution in [1.82, 2.24) is 9.88 Å². The molecule has 2 aromatic carbocycles. The molecule has 2 heterocycles. The number of ketones is 1. The van der Waals surface area contributed by atoms with Crippen LogP contribution in [0.2, 0.25) is 0 Å². The summed E-state index contributed by atoms with van der Waals surface area (Å²) in [6.07, 6.45) is 1.94. The van der Waals surface area contributed by atoms with Gasteiger partial charge in [-0.1, -0.05) is 18.2 Å². The van der Waals surface area contributed by atoms with E-state index < -0.39 is 0 Å². The zero-order valence-electron chi connectivity index (χ0n) is 16.4. The smallest absolute Gasteiger partial charge is 0.170 e. The number of aromatic amines is 1. The molecule has 0 saturated carbocycles. The largest absolute Gasteiger partial charge is 0.497 e. The van der Waals surface area contributed by atoms with Crippen LogP contribution < -0.4 is 9.47 Å². The van der Waals surface area contributed by atoms with Gasteiger partial charge in [-0.3, -0.25) is 9.69 Å². The number of carbonyl (C=O) groups is 1. The van der Waals surface area contributed by atoms with Gasteiger partial charge in [-0.25, -0.2) is 0 Å². The number of ether oxygens (including phenoxy) is 2. The SMILES string of the molecule is COc1ccc(C(=O)C2CCCN(Cc3cc4ccccc4[nH]3)C2)c(OC)c1. The summed E-state index contributed by atoms with van der Waals surface area (Å²) in [5, 5.41) is 1.23. The predicted octanol–water partition coefficient (Wildman–Crippen LogP) is 4.28. The number of likely N-dealkylation sites (tertiary alicyclic amines) is 1. The highest BCUT2D eigenvalue weighted by molar-refractivity contribution is 6.00. The fraction of sp³-hybridized carbons (Fsp3) is 0.348. The lowest BCUT2D eigenvalue weighted by Crippen LogP contribution is -2.38. The van der Waals surface area contributed by atoms with Crippen LogP contribution in [-0.4, -0.2) is 43.0 Å². The Morgan fingerprint density at radius 1 is 1.14 bits per heavy atom. The second-order valence-corrected chi connectivity index (χ2v) is 7.39.